The van der Waals surface area contributed by atoms with E-state index in [1.165, 1.54) is 95.7 Å². The molecular formula is C54H46N4. The molecule has 5 unspecified atom stereocenters. The topological polar surface area (TPSA) is 32.9 Å². The summed E-state index contributed by atoms with van der Waals surface area (Å²) in [4.78, 5) is 13.7. The average Bonchev–Trinajstić information content (AvgIpc) is 3.92. The molecule has 13 rings (SSSR count). The zero-order valence-electron chi connectivity index (χ0n) is 32.8. The second kappa shape index (κ2) is 12.8. The first-order chi connectivity index (χ1) is 28.8. The van der Waals surface area contributed by atoms with Crippen molar-refractivity contribution in [2.45, 2.75) is 87.7 Å². The van der Waals surface area contributed by atoms with E-state index >= 15 is 0 Å². The molecule has 58 heavy (non-hydrogen) atoms. The Morgan fingerprint density at radius 2 is 1.66 bits per heavy atom. The summed E-state index contributed by atoms with van der Waals surface area (Å²) in [5.41, 5.74) is 20.7. The minimum absolute atomic E-state index is 0.0667. The monoisotopic (exact) mass is 750 g/mol. The maximum Gasteiger partial charge on any atom is 0.226 e. The van der Waals surface area contributed by atoms with E-state index in [2.05, 4.69) is 149 Å². The van der Waals surface area contributed by atoms with Gasteiger partial charge in [0.2, 0.25) is 5.96 Å². The number of nitrogens with zero attached hydrogens (tertiary/aromatic N) is 4. The molecule has 0 N–H and O–H groups in total. The molecule has 0 saturated heterocycles. The molecule has 282 valence electrons. The van der Waals surface area contributed by atoms with Crippen molar-refractivity contribution in [2.24, 2.45) is 9.98 Å². The van der Waals surface area contributed by atoms with Crippen molar-refractivity contribution >= 4 is 45.5 Å². The number of rotatable bonds is 3. The zero-order valence-corrected chi connectivity index (χ0v) is 32.8. The fourth-order valence-electron chi connectivity index (χ4n) is 11.9. The van der Waals surface area contributed by atoms with E-state index in [4.69, 9.17) is 9.98 Å². The van der Waals surface area contributed by atoms with Gasteiger partial charge >= 0.3 is 0 Å². The van der Waals surface area contributed by atoms with Gasteiger partial charge in [0, 0.05) is 40.2 Å². The second-order valence-corrected chi connectivity index (χ2v) is 17.5. The number of guanidine groups is 1. The summed E-state index contributed by atoms with van der Waals surface area (Å²) in [6, 6.07) is 22.1. The van der Waals surface area contributed by atoms with Crippen molar-refractivity contribution in [3.8, 4) is 11.1 Å². The predicted molar refractivity (Wildman–Crippen MR) is 242 cm³/mol. The van der Waals surface area contributed by atoms with E-state index in [0.29, 0.717) is 6.04 Å². The SMILES string of the molecule is C1=CCC2N=C(N3c4ccc(-c5ccc6c7c(n(C8CC=CCC8)c6c5)C=CCC7)cc4C4C=CC=CC43)N=C(C3CC=C4C5=C(C=CCC5)c5cccc3c54)C2=C1. The highest BCUT2D eigenvalue weighted by atomic mass is 15.3. The van der Waals surface area contributed by atoms with Crippen LogP contribution >= 0.6 is 0 Å². The first kappa shape index (κ1) is 33.0. The van der Waals surface area contributed by atoms with Gasteiger partial charge in [0.15, 0.2) is 0 Å². The van der Waals surface area contributed by atoms with Crippen molar-refractivity contribution < 1.29 is 0 Å². The molecule has 0 fully saturated rings. The van der Waals surface area contributed by atoms with Crippen LogP contribution in [0.5, 0.6) is 0 Å². The molecule has 9 aliphatic rings. The number of hydrogen-bond acceptors (Lipinski definition) is 3. The van der Waals surface area contributed by atoms with Crippen LogP contribution in [0.15, 0.2) is 155 Å². The standard InChI is InChI=1S/C54H46N4/c1-2-13-35(14-3-1)57-48-23-10-7-17-38(48)40-27-25-34(32-51(40)57)33-26-30-50-46(31-33)39-18-8-11-24-49(39)58(50)54-55-47-22-9-6-19-45(47)53(56-54)44-29-28-43-37-16-5-4-15-36(37)41-20-12-21-42(44)52(41)43/h1-2,4,6,8-12,15,18-21,23-28,30-32,35,39,44,47,49H,3,5,7,13-14,16-17,22,29H2. The molecule has 4 heteroatoms. The van der Waals surface area contributed by atoms with Gasteiger partial charge in [-0.15, -0.1) is 0 Å². The van der Waals surface area contributed by atoms with Crippen molar-refractivity contribution in [1.82, 2.24) is 4.57 Å². The van der Waals surface area contributed by atoms with Gasteiger partial charge in [0.25, 0.3) is 0 Å². The molecule has 2 aliphatic heterocycles. The summed E-state index contributed by atoms with van der Waals surface area (Å²) in [7, 11) is 0. The number of benzene rings is 3. The highest BCUT2D eigenvalue weighted by Gasteiger charge is 2.43. The number of aliphatic imine (C=N–C) groups is 2. The van der Waals surface area contributed by atoms with Gasteiger partial charge in [-0.05, 0) is 143 Å². The van der Waals surface area contributed by atoms with Gasteiger partial charge < -0.3 is 9.47 Å². The third-order valence-electron chi connectivity index (χ3n) is 14.5. The number of hydrogen-bond donors (Lipinski definition) is 0. The Morgan fingerprint density at radius 1 is 0.741 bits per heavy atom. The van der Waals surface area contributed by atoms with Crippen molar-refractivity contribution in [1.29, 1.82) is 0 Å². The molecule has 3 heterocycles. The Morgan fingerprint density at radius 3 is 2.62 bits per heavy atom. The Kier molecular flexibility index (Phi) is 7.26. The van der Waals surface area contributed by atoms with Crippen LogP contribution in [0.1, 0.15) is 103 Å². The Balaban J connectivity index is 0.909. The minimum atomic E-state index is 0.0667. The van der Waals surface area contributed by atoms with Crippen LogP contribution in [0, 0.1) is 0 Å². The van der Waals surface area contributed by atoms with Crippen molar-refractivity contribution in [3.63, 3.8) is 0 Å². The van der Waals surface area contributed by atoms with E-state index in [0.717, 1.165) is 57.3 Å². The summed E-state index contributed by atoms with van der Waals surface area (Å²) in [5.74, 6) is 1.28. The Bertz CT molecular complexity index is 2850. The lowest BCUT2D eigenvalue weighted by Gasteiger charge is -2.35. The van der Waals surface area contributed by atoms with Gasteiger partial charge in [-0.25, -0.2) is 9.98 Å². The van der Waals surface area contributed by atoms with E-state index in [9.17, 15) is 0 Å². The number of aryl methyl sites for hydroxylation is 1. The van der Waals surface area contributed by atoms with Gasteiger partial charge in [-0.2, -0.15) is 0 Å². The largest absolute Gasteiger partial charge is 0.337 e. The zero-order chi connectivity index (χ0) is 37.9. The normalized spacial score (nSPS) is 26.8. The van der Waals surface area contributed by atoms with Crippen LogP contribution in [-0.2, 0) is 6.42 Å². The lowest BCUT2D eigenvalue weighted by atomic mass is 9.75. The van der Waals surface area contributed by atoms with Crippen LogP contribution in [0.4, 0.5) is 5.69 Å². The molecule has 4 nitrogen and oxygen atoms in total. The maximum absolute atomic E-state index is 5.69. The maximum atomic E-state index is 5.69. The van der Waals surface area contributed by atoms with Gasteiger partial charge in [-0.3, -0.25) is 0 Å². The first-order valence-electron chi connectivity index (χ1n) is 21.8. The van der Waals surface area contributed by atoms with E-state index in [1.807, 2.05) is 0 Å². The second-order valence-electron chi connectivity index (χ2n) is 17.5. The van der Waals surface area contributed by atoms with E-state index < -0.39 is 0 Å². The molecule has 0 radical (unpaired) electrons. The van der Waals surface area contributed by atoms with Crippen LogP contribution in [0.2, 0.25) is 0 Å². The summed E-state index contributed by atoms with van der Waals surface area (Å²) < 4.78 is 2.68. The van der Waals surface area contributed by atoms with Crippen LogP contribution in [0.25, 0.3) is 39.3 Å². The molecule has 7 aliphatic carbocycles. The number of aromatic nitrogens is 1. The van der Waals surface area contributed by atoms with E-state index in [-0.39, 0.29) is 23.9 Å². The molecule has 0 saturated carbocycles. The summed E-state index contributed by atoms with van der Waals surface area (Å²) in [5, 5.41) is 1.43. The summed E-state index contributed by atoms with van der Waals surface area (Å²) in [6.07, 6.45) is 42.6. The summed E-state index contributed by atoms with van der Waals surface area (Å²) in [6.45, 7) is 0. The van der Waals surface area contributed by atoms with E-state index in [1.54, 1.807) is 0 Å². The van der Waals surface area contributed by atoms with Crippen molar-refractivity contribution in [3.05, 3.63) is 178 Å². The molecule has 4 aromatic rings. The first-order valence-corrected chi connectivity index (χ1v) is 21.8. The third-order valence-corrected chi connectivity index (χ3v) is 14.5. The predicted octanol–water partition coefficient (Wildman–Crippen LogP) is 12.7. The molecule has 5 atom stereocenters. The fourth-order valence-corrected chi connectivity index (χ4v) is 11.9. The number of allylic oxidation sites excluding steroid dienone is 13. The highest BCUT2D eigenvalue weighted by Crippen LogP contribution is 2.53. The van der Waals surface area contributed by atoms with Crippen LogP contribution < -0.4 is 4.90 Å². The Hall–Kier alpha value is -6.00. The molecule has 1 aromatic heterocycles. The molecular weight excluding hydrogens is 705 g/mol. The van der Waals surface area contributed by atoms with Gasteiger partial charge in [0.05, 0.1) is 17.8 Å². The van der Waals surface area contributed by atoms with Crippen molar-refractivity contribution in [2.75, 3.05) is 4.90 Å². The third kappa shape index (κ3) is 4.75. The highest BCUT2D eigenvalue weighted by molar-refractivity contribution is 6.18. The smallest absolute Gasteiger partial charge is 0.226 e. The molecule has 0 amide bonds. The lowest BCUT2D eigenvalue weighted by Crippen LogP contribution is -2.42. The molecule has 0 bridgehead atoms. The minimum Gasteiger partial charge on any atom is -0.337 e. The van der Waals surface area contributed by atoms with Gasteiger partial charge in [0.1, 0.15) is 0 Å². The fraction of sp³-hybridized carbons (Fsp3) is 0.259. The van der Waals surface area contributed by atoms with Crippen LogP contribution in [-0.4, -0.2) is 28.3 Å². The quantitative estimate of drug-likeness (QED) is 0.192. The average molecular weight is 751 g/mol. The molecule has 3 aromatic carbocycles. The summed E-state index contributed by atoms with van der Waals surface area (Å²) >= 11 is 0. The molecule has 0 spiro atoms. The number of anilines is 1. The van der Waals surface area contributed by atoms with Gasteiger partial charge in [-0.1, -0.05) is 115 Å². The lowest BCUT2D eigenvalue weighted by molar-refractivity contribution is 0.470. The number of fused-ring (bicyclic) bond motifs is 9. The van der Waals surface area contributed by atoms with Crippen LogP contribution in [0.3, 0.4) is 0 Å². The Labute approximate surface area is 340 Å².